The Labute approximate surface area is 166 Å². The lowest BCUT2D eigenvalue weighted by atomic mass is 9.98. The number of carbonyl (C=O) groups is 1. The standard InChI is InChI=1S/C22H20ClNO2S/c1-27(26)20-13-9-18(10-14-20)22(25)24-21(17-5-3-2-4-6-17)15-16-7-11-19(23)12-8-16/h2-14,21H,15H2,1H3,(H,24,25). The third-order valence-electron chi connectivity index (χ3n) is 4.31. The van der Waals surface area contributed by atoms with Crippen LogP contribution in [0.3, 0.4) is 0 Å². The molecule has 3 aromatic rings. The van der Waals surface area contributed by atoms with Gasteiger partial charge in [0.1, 0.15) is 0 Å². The van der Waals surface area contributed by atoms with E-state index in [1.54, 1.807) is 30.5 Å². The first-order chi connectivity index (χ1) is 13.0. The summed E-state index contributed by atoms with van der Waals surface area (Å²) in [6, 6.07) is 24.2. The Kier molecular flexibility index (Phi) is 6.43. The predicted molar refractivity (Wildman–Crippen MR) is 111 cm³/mol. The molecular formula is C22H20ClNO2S. The van der Waals surface area contributed by atoms with Crippen LogP contribution in [0.4, 0.5) is 0 Å². The smallest absolute Gasteiger partial charge is 0.251 e. The molecule has 0 aromatic heterocycles. The minimum absolute atomic E-state index is 0.161. The molecule has 3 nitrogen and oxygen atoms in total. The van der Waals surface area contributed by atoms with Crippen molar-refractivity contribution >= 4 is 28.3 Å². The van der Waals surface area contributed by atoms with Crippen LogP contribution in [0.5, 0.6) is 0 Å². The van der Waals surface area contributed by atoms with Crippen LogP contribution in [0.2, 0.25) is 5.02 Å². The van der Waals surface area contributed by atoms with Gasteiger partial charge in [0.05, 0.1) is 6.04 Å². The first kappa shape index (κ1) is 19.3. The minimum atomic E-state index is -1.06. The van der Waals surface area contributed by atoms with Crippen LogP contribution >= 0.6 is 11.6 Å². The number of hydrogen-bond donors (Lipinski definition) is 1. The first-order valence-corrected chi connectivity index (χ1v) is 10.5. The largest absolute Gasteiger partial charge is 0.345 e. The minimum Gasteiger partial charge on any atom is -0.345 e. The Bertz CT molecular complexity index is 925. The lowest BCUT2D eigenvalue weighted by Crippen LogP contribution is -2.30. The van der Waals surface area contributed by atoms with Gasteiger partial charge in [-0.2, -0.15) is 0 Å². The zero-order valence-corrected chi connectivity index (χ0v) is 16.5. The van der Waals surface area contributed by atoms with Crippen molar-refractivity contribution in [3.05, 3.63) is 101 Å². The van der Waals surface area contributed by atoms with Crippen LogP contribution in [-0.2, 0) is 17.2 Å². The number of nitrogens with one attached hydrogen (secondary N) is 1. The van der Waals surface area contributed by atoms with Gasteiger partial charge in [-0.25, -0.2) is 0 Å². The summed E-state index contributed by atoms with van der Waals surface area (Å²) in [5.74, 6) is -0.161. The van der Waals surface area contributed by atoms with Crippen LogP contribution in [0, 0.1) is 0 Å². The van der Waals surface area contributed by atoms with Crippen molar-refractivity contribution in [2.45, 2.75) is 17.4 Å². The predicted octanol–water partition coefficient (Wildman–Crippen LogP) is 4.79. The Morgan fingerprint density at radius 1 is 0.963 bits per heavy atom. The SMILES string of the molecule is CS(=O)c1ccc(C(=O)NC(Cc2ccc(Cl)cc2)c2ccccc2)cc1. The first-order valence-electron chi connectivity index (χ1n) is 8.56. The highest BCUT2D eigenvalue weighted by Crippen LogP contribution is 2.21. The molecule has 0 spiro atoms. The van der Waals surface area contributed by atoms with Crippen LogP contribution < -0.4 is 5.32 Å². The van der Waals surface area contributed by atoms with Crippen molar-refractivity contribution in [3.8, 4) is 0 Å². The van der Waals surface area contributed by atoms with Gasteiger partial charge in [-0.1, -0.05) is 54.1 Å². The van der Waals surface area contributed by atoms with Crippen molar-refractivity contribution in [2.75, 3.05) is 6.26 Å². The molecule has 0 saturated heterocycles. The third-order valence-corrected chi connectivity index (χ3v) is 5.50. The summed E-state index contributed by atoms with van der Waals surface area (Å²) in [4.78, 5) is 13.4. The fraction of sp³-hybridized carbons (Fsp3) is 0.136. The molecule has 27 heavy (non-hydrogen) atoms. The van der Waals surface area contributed by atoms with E-state index in [0.717, 1.165) is 11.1 Å². The van der Waals surface area contributed by atoms with Crippen LogP contribution in [-0.4, -0.2) is 16.4 Å². The summed E-state index contributed by atoms with van der Waals surface area (Å²) in [5.41, 5.74) is 2.67. The molecule has 0 aliphatic rings. The number of hydrogen-bond acceptors (Lipinski definition) is 2. The molecule has 1 N–H and O–H groups in total. The van der Waals surface area contributed by atoms with Crippen LogP contribution in [0.25, 0.3) is 0 Å². The second-order valence-electron chi connectivity index (χ2n) is 6.25. The summed E-state index contributed by atoms with van der Waals surface area (Å²) < 4.78 is 11.5. The van der Waals surface area contributed by atoms with E-state index in [0.29, 0.717) is 21.9 Å². The van der Waals surface area contributed by atoms with E-state index in [4.69, 9.17) is 11.6 Å². The lowest BCUT2D eigenvalue weighted by molar-refractivity contribution is 0.0936. The molecule has 138 valence electrons. The highest BCUT2D eigenvalue weighted by atomic mass is 35.5. The number of carbonyl (C=O) groups excluding carboxylic acids is 1. The highest BCUT2D eigenvalue weighted by Gasteiger charge is 2.16. The van der Waals surface area contributed by atoms with Gasteiger partial charge >= 0.3 is 0 Å². The van der Waals surface area contributed by atoms with Crippen molar-refractivity contribution in [3.63, 3.8) is 0 Å². The Morgan fingerprint density at radius 2 is 1.59 bits per heavy atom. The molecule has 0 fully saturated rings. The van der Waals surface area contributed by atoms with Crippen LogP contribution in [0.1, 0.15) is 27.5 Å². The molecule has 0 heterocycles. The molecule has 0 aliphatic carbocycles. The molecule has 3 aromatic carbocycles. The zero-order chi connectivity index (χ0) is 19.2. The summed E-state index contributed by atoms with van der Waals surface area (Å²) in [7, 11) is -1.06. The molecule has 2 atom stereocenters. The van der Waals surface area contributed by atoms with Gasteiger partial charge in [-0.05, 0) is 53.9 Å². The van der Waals surface area contributed by atoms with Gasteiger partial charge in [0.25, 0.3) is 5.91 Å². The number of halogens is 1. The highest BCUT2D eigenvalue weighted by molar-refractivity contribution is 7.84. The number of amides is 1. The van der Waals surface area contributed by atoms with E-state index in [1.165, 1.54) is 0 Å². The zero-order valence-electron chi connectivity index (χ0n) is 14.9. The average Bonchev–Trinajstić information content (AvgIpc) is 2.70. The number of rotatable bonds is 6. The number of benzene rings is 3. The van der Waals surface area contributed by atoms with E-state index in [9.17, 15) is 9.00 Å². The fourth-order valence-corrected chi connectivity index (χ4v) is 3.48. The summed E-state index contributed by atoms with van der Waals surface area (Å²) in [6.07, 6.45) is 2.27. The quantitative estimate of drug-likeness (QED) is 0.649. The Morgan fingerprint density at radius 3 is 2.19 bits per heavy atom. The summed E-state index contributed by atoms with van der Waals surface area (Å²) in [5, 5.41) is 3.80. The van der Waals surface area contributed by atoms with E-state index < -0.39 is 10.8 Å². The normalized spacial score (nSPS) is 13.0. The summed E-state index contributed by atoms with van der Waals surface area (Å²) >= 11 is 5.97. The molecule has 2 unspecified atom stereocenters. The maximum Gasteiger partial charge on any atom is 0.251 e. The van der Waals surface area contributed by atoms with Gasteiger partial charge in [0.2, 0.25) is 0 Å². The van der Waals surface area contributed by atoms with E-state index in [2.05, 4.69) is 5.32 Å². The molecule has 5 heteroatoms. The third kappa shape index (κ3) is 5.28. The second-order valence-corrected chi connectivity index (χ2v) is 8.06. The monoisotopic (exact) mass is 397 g/mol. The van der Waals surface area contributed by atoms with Crippen molar-refractivity contribution in [1.82, 2.24) is 5.32 Å². The van der Waals surface area contributed by atoms with Gasteiger partial charge in [-0.15, -0.1) is 0 Å². The van der Waals surface area contributed by atoms with Crippen LogP contribution in [0.15, 0.2) is 83.8 Å². The Hall–Kier alpha value is -2.43. The Balaban J connectivity index is 1.81. The van der Waals surface area contributed by atoms with E-state index in [-0.39, 0.29) is 11.9 Å². The average molecular weight is 398 g/mol. The molecule has 0 aliphatic heterocycles. The lowest BCUT2D eigenvalue weighted by Gasteiger charge is -2.20. The van der Waals surface area contributed by atoms with Gasteiger partial charge in [0, 0.05) is 32.5 Å². The molecule has 3 rings (SSSR count). The second kappa shape index (κ2) is 8.98. The molecule has 0 radical (unpaired) electrons. The fourth-order valence-electron chi connectivity index (χ4n) is 2.83. The van der Waals surface area contributed by atoms with Gasteiger partial charge < -0.3 is 5.32 Å². The van der Waals surface area contributed by atoms with E-state index in [1.807, 2.05) is 54.6 Å². The maximum absolute atomic E-state index is 12.7. The van der Waals surface area contributed by atoms with Crippen molar-refractivity contribution in [2.24, 2.45) is 0 Å². The summed E-state index contributed by atoms with van der Waals surface area (Å²) in [6.45, 7) is 0. The maximum atomic E-state index is 12.7. The van der Waals surface area contributed by atoms with Gasteiger partial charge in [-0.3, -0.25) is 9.00 Å². The van der Waals surface area contributed by atoms with Crippen molar-refractivity contribution in [1.29, 1.82) is 0 Å². The molecular weight excluding hydrogens is 378 g/mol. The molecule has 0 bridgehead atoms. The molecule has 0 saturated carbocycles. The van der Waals surface area contributed by atoms with Gasteiger partial charge in [0.15, 0.2) is 0 Å². The van der Waals surface area contributed by atoms with E-state index >= 15 is 0 Å². The topological polar surface area (TPSA) is 46.2 Å². The molecule has 1 amide bonds. The van der Waals surface area contributed by atoms with Crippen molar-refractivity contribution < 1.29 is 9.00 Å².